The van der Waals surface area contributed by atoms with Crippen molar-refractivity contribution in [1.29, 1.82) is 0 Å². The van der Waals surface area contributed by atoms with Crippen LogP contribution in [0.1, 0.15) is 12.6 Å². The van der Waals surface area contributed by atoms with Crippen LogP contribution in [0.5, 0.6) is 0 Å². The topological polar surface area (TPSA) is 55.0 Å². The Hall–Kier alpha value is -2.77. The van der Waals surface area contributed by atoms with Gasteiger partial charge in [0.2, 0.25) is 5.91 Å². The quantitative estimate of drug-likeness (QED) is 0.713. The summed E-state index contributed by atoms with van der Waals surface area (Å²) in [4.78, 5) is 25.9. The number of nitrogens with zero attached hydrogens (tertiary/aromatic N) is 3. The maximum absolute atomic E-state index is 12.2. The van der Waals surface area contributed by atoms with Crippen molar-refractivity contribution in [3.63, 3.8) is 0 Å². The number of aromatic nitrogens is 2. The van der Waals surface area contributed by atoms with Crippen molar-refractivity contribution in [2.45, 2.75) is 13.5 Å². The second kappa shape index (κ2) is 8.50. The van der Waals surface area contributed by atoms with Gasteiger partial charge in [-0.1, -0.05) is 24.3 Å². The summed E-state index contributed by atoms with van der Waals surface area (Å²) in [5.41, 5.74) is 1.91. The molecule has 0 bridgehead atoms. The Morgan fingerprint density at radius 2 is 1.93 bits per heavy atom. The lowest BCUT2D eigenvalue weighted by molar-refractivity contribution is -0.914. The molecule has 1 aromatic carbocycles. The van der Waals surface area contributed by atoms with Crippen LogP contribution in [0, 0.1) is 0 Å². The third kappa shape index (κ3) is 4.21. The number of carbonyl (C=O) groups excluding carboxylic acids is 1. The van der Waals surface area contributed by atoms with E-state index in [0.717, 1.165) is 49.2 Å². The number of para-hydroxylation sites is 1. The summed E-state index contributed by atoms with van der Waals surface area (Å²) in [5.74, 6) is 1.16. The molecule has 0 aliphatic carbocycles. The molecule has 28 heavy (non-hydrogen) atoms. The van der Waals surface area contributed by atoms with Gasteiger partial charge in [0.15, 0.2) is 5.13 Å². The summed E-state index contributed by atoms with van der Waals surface area (Å²) < 4.78 is 0. The van der Waals surface area contributed by atoms with E-state index in [2.05, 4.69) is 27.4 Å². The summed E-state index contributed by atoms with van der Waals surface area (Å²) in [7, 11) is 0. The number of amides is 1. The number of anilines is 3. The van der Waals surface area contributed by atoms with Crippen molar-refractivity contribution < 1.29 is 14.7 Å². The van der Waals surface area contributed by atoms with Crippen LogP contribution in [0.3, 0.4) is 0 Å². The van der Waals surface area contributed by atoms with E-state index in [1.165, 1.54) is 22.1 Å². The predicted molar refractivity (Wildman–Crippen MR) is 111 cm³/mol. The molecule has 1 aliphatic rings. The Balaban J connectivity index is 1.39. The number of nitrogens with one attached hydrogen (secondary N) is 2. The number of piperazine rings is 1. The molecule has 4 rings (SSSR count). The maximum atomic E-state index is 12.2. The van der Waals surface area contributed by atoms with Crippen LogP contribution in [0.4, 0.5) is 16.6 Å². The number of quaternary nitrogens is 1. The van der Waals surface area contributed by atoms with E-state index in [9.17, 15) is 4.79 Å². The number of carbonyl (C=O) groups is 1. The molecule has 0 spiro atoms. The molecule has 1 amide bonds. The molecule has 1 aliphatic heterocycles. The van der Waals surface area contributed by atoms with Crippen molar-refractivity contribution in [2.75, 3.05) is 36.0 Å². The van der Waals surface area contributed by atoms with E-state index in [4.69, 9.17) is 4.98 Å². The molecule has 0 unspecified atom stereocenters. The van der Waals surface area contributed by atoms with E-state index in [1.54, 1.807) is 11.8 Å². The SMILES string of the molecule is CC(=O)N(c1ccccc1)c1nc(C[NH+]2CCN(c3cccc[nH+]3)CC2)cs1. The minimum atomic E-state index is -0.0211. The van der Waals surface area contributed by atoms with Gasteiger partial charge >= 0.3 is 0 Å². The first-order valence-corrected chi connectivity index (χ1v) is 10.4. The van der Waals surface area contributed by atoms with E-state index < -0.39 is 0 Å². The Labute approximate surface area is 169 Å². The largest absolute Gasteiger partial charge is 0.323 e. The standard InChI is InChI=1S/C21H23N5OS/c1-17(27)26(19-7-3-2-4-8-19)21-23-18(16-28-21)15-24-11-13-25(14-12-24)20-9-5-6-10-22-20/h2-10,16H,11-15H2,1H3/p+2. The van der Waals surface area contributed by atoms with Gasteiger partial charge in [-0.2, -0.15) is 0 Å². The summed E-state index contributed by atoms with van der Waals surface area (Å²) in [6.45, 7) is 6.67. The lowest BCUT2D eigenvalue weighted by Crippen LogP contribution is -3.13. The summed E-state index contributed by atoms with van der Waals surface area (Å²) in [6.07, 6.45) is 1.97. The minimum Gasteiger partial charge on any atom is -0.323 e. The molecule has 0 atom stereocenters. The molecule has 0 saturated carbocycles. The fourth-order valence-electron chi connectivity index (χ4n) is 3.56. The highest BCUT2D eigenvalue weighted by Crippen LogP contribution is 2.28. The number of pyridine rings is 1. The third-order valence-electron chi connectivity index (χ3n) is 5.00. The average Bonchev–Trinajstić information content (AvgIpc) is 3.17. The third-order valence-corrected chi connectivity index (χ3v) is 5.87. The van der Waals surface area contributed by atoms with Crippen LogP contribution in [0.15, 0.2) is 60.1 Å². The fourth-order valence-corrected chi connectivity index (χ4v) is 4.45. The van der Waals surface area contributed by atoms with Crippen LogP contribution in [0.25, 0.3) is 0 Å². The van der Waals surface area contributed by atoms with Gasteiger partial charge in [0.25, 0.3) is 5.82 Å². The number of hydrogen-bond acceptors (Lipinski definition) is 4. The number of hydrogen-bond donors (Lipinski definition) is 1. The molecular formula is C21H25N5OS+2. The molecular weight excluding hydrogens is 370 g/mol. The van der Waals surface area contributed by atoms with Gasteiger partial charge in [-0.05, 0) is 18.2 Å². The Bertz CT molecular complexity index is 907. The zero-order chi connectivity index (χ0) is 19.3. The van der Waals surface area contributed by atoms with E-state index in [1.807, 2.05) is 42.6 Å². The molecule has 7 heteroatoms. The normalized spacial score (nSPS) is 14.8. The van der Waals surface area contributed by atoms with Crippen LogP contribution in [-0.2, 0) is 11.3 Å². The maximum Gasteiger partial charge on any atom is 0.274 e. The zero-order valence-electron chi connectivity index (χ0n) is 16.0. The average molecular weight is 396 g/mol. The van der Waals surface area contributed by atoms with Crippen LogP contribution in [0.2, 0.25) is 0 Å². The van der Waals surface area contributed by atoms with E-state index in [-0.39, 0.29) is 5.91 Å². The fraction of sp³-hybridized carbons (Fsp3) is 0.286. The van der Waals surface area contributed by atoms with Crippen molar-refractivity contribution in [2.24, 2.45) is 0 Å². The highest BCUT2D eigenvalue weighted by atomic mass is 32.1. The highest BCUT2D eigenvalue weighted by molar-refractivity contribution is 7.14. The number of thiazole rings is 1. The molecule has 1 saturated heterocycles. The lowest BCUT2D eigenvalue weighted by atomic mass is 10.3. The first-order valence-electron chi connectivity index (χ1n) is 9.56. The number of rotatable bonds is 5. The van der Waals surface area contributed by atoms with Crippen LogP contribution in [-0.4, -0.2) is 37.1 Å². The molecule has 2 aromatic heterocycles. The molecule has 3 aromatic rings. The summed E-state index contributed by atoms with van der Waals surface area (Å²) in [5, 5.41) is 2.82. The predicted octanol–water partition coefficient (Wildman–Crippen LogP) is 1.55. The first-order chi connectivity index (χ1) is 13.7. The monoisotopic (exact) mass is 395 g/mol. The van der Waals surface area contributed by atoms with Crippen molar-refractivity contribution in [3.05, 3.63) is 65.8 Å². The molecule has 144 valence electrons. The van der Waals surface area contributed by atoms with Crippen LogP contribution < -0.4 is 19.7 Å². The Morgan fingerprint density at radius 3 is 2.61 bits per heavy atom. The van der Waals surface area contributed by atoms with Gasteiger partial charge in [-0.25, -0.2) is 9.97 Å². The van der Waals surface area contributed by atoms with Gasteiger partial charge in [-0.3, -0.25) is 14.6 Å². The second-order valence-corrected chi connectivity index (χ2v) is 7.81. The zero-order valence-corrected chi connectivity index (χ0v) is 16.8. The van der Waals surface area contributed by atoms with Gasteiger partial charge in [0.05, 0.1) is 11.9 Å². The van der Waals surface area contributed by atoms with Gasteiger partial charge in [0.1, 0.15) is 38.4 Å². The van der Waals surface area contributed by atoms with Crippen molar-refractivity contribution in [3.8, 4) is 0 Å². The Kier molecular flexibility index (Phi) is 5.64. The van der Waals surface area contributed by atoms with Gasteiger partial charge in [-0.15, -0.1) is 11.3 Å². The van der Waals surface area contributed by atoms with Crippen LogP contribution >= 0.6 is 11.3 Å². The van der Waals surface area contributed by atoms with Crippen molar-refractivity contribution in [1.82, 2.24) is 4.98 Å². The van der Waals surface area contributed by atoms with Gasteiger partial charge in [0, 0.05) is 18.4 Å². The number of benzene rings is 1. The second-order valence-electron chi connectivity index (χ2n) is 6.97. The highest BCUT2D eigenvalue weighted by Gasteiger charge is 2.27. The summed E-state index contributed by atoms with van der Waals surface area (Å²) >= 11 is 1.53. The number of H-pyrrole nitrogens is 1. The molecule has 3 heterocycles. The van der Waals surface area contributed by atoms with E-state index >= 15 is 0 Å². The molecule has 1 fully saturated rings. The van der Waals surface area contributed by atoms with Crippen molar-refractivity contribution >= 4 is 33.9 Å². The first kappa shape index (κ1) is 18.6. The van der Waals surface area contributed by atoms with Gasteiger partial charge < -0.3 is 4.90 Å². The Morgan fingerprint density at radius 1 is 1.18 bits per heavy atom. The van der Waals surface area contributed by atoms with E-state index in [0.29, 0.717) is 0 Å². The minimum absolute atomic E-state index is 0.0211. The number of aromatic amines is 1. The smallest absolute Gasteiger partial charge is 0.274 e. The molecule has 0 radical (unpaired) electrons. The summed E-state index contributed by atoms with van der Waals surface area (Å²) in [6, 6.07) is 15.9. The molecule has 2 N–H and O–H groups in total. The lowest BCUT2D eigenvalue weighted by Gasteiger charge is -2.27. The molecule has 6 nitrogen and oxygen atoms in total.